The van der Waals surface area contributed by atoms with Gasteiger partial charge in [-0.3, -0.25) is 0 Å². The molecule has 0 unspecified atom stereocenters. The lowest BCUT2D eigenvalue weighted by molar-refractivity contribution is -0.107. The van der Waals surface area contributed by atoms with Crippen molar-refractivity contribution in [2.24, 2.45) is 0 Å². The number of para-hydroxylation sites is 1. The zero-order valence-electron chi connectivity index (χ0n) is 10.2. The third-order valence-electron chi connectivity index (χ3n) is 2.74. The number of aryl methyl sites for hydroxylation is 1. The molecule has 0 bridgehead atoms. The van der Waals surface area contributed by atoms with E-state index in [-0.39, 0.29) is 0 Å². The number of hydrogen-bond acceptors (Lipinski definition) is 2. The Balaban J connectivity index is 2.02. The summed E-state index contributed by atoms with van der Waals surface area (Å²) in [5, 5.41) is 0. The number of benzene rings is 2. The van der Waals surface area contributed by atoms with Crippen LogP contribution < -0.4 is 4.74 Å². The SMILES string of the molecule is O=CCCc1ccccc1OCc1ccccc1. The molecule has 2 aromatic rings. The first-order valence-corrected chi connectivity index (χ1v) is 6.08. The zero-order chi connectivity index (χ0) is 12.6. The minimum atomic E-state index is 0.533. The number of carbonyl (C=O) groups is 1. The van der Waals surface area contributed by atoms with Crippen molar-refractivity contribution in [3.8, 4) is 5.75 Å². The van der Waals surface area contributed by atoms with Crippen LogP contribution in [-0.4, -0.2) is 6.29 Å². The van der Waals surface area contributed by atoms with Crippen LogP contribution in [0.15, 0.2) is 54.6 Å². The molecule has 0 aromatic heterocycles. The van der Waals surface area contributed by atoms with Gasteiger partial charge < -0.3 is 9.53 Å². The van der Waals surface area contributed by atoms with Gasteiger partial charge >= 0.3 is 0 Å². The number of ether oxygens (including phenoxy) is 1. The number of rotatable bonds is 6. The highest BCUT2D eigenvalue weighted by Gasteiger charge is 2.02. The smallest absolute Gasteiger partial charge is 0.123 e. The Hall–Kier alpha value is -2.09. The molecule has 0 radical (unpaired) electrons. The molecule has 0 fully saturated rings. The molecule has 92 valence electrons. The Morgan fingerprint density at radius 3 is 2.44 bits per heavy atom. The Morgan fingerprint density at radius 1 is 0.944 bits per heavy atom. The average Bonchev–Trinajstić information content (AvgIpc) is 2.45. The fourth-order valence-corrected chi connectivity index (χ4v) is 1.80. The fourth-order valence-electron chi connectivity index (χ4n) is 1.80. The first kappa shape index (κ1) is 12.4. The first-order chi connectivity index (χ1) is 8.90. The third kappa shape index (κ3) is 3.45. The molecule has 0 amide bonds. The van der Waals surface area contributed by atoms with E-state index in [1.165, 1.54) is 0 Å². The van der Waals surface area contributed by atoms with Crippen LogP contribution in [0.5, 0.6) is 5.75 Å². The fraction of sp³-hybridized carbons (Fsp3) is 0.188. The van der Waals surface area contributed by atoms with Crippen LogP contribution in [0.1, 0.15) is 17.5 Å². The van der Waals surface area contributed by atoms with Crippen molar-refractivity contribution >= 4 is 6.29 Å². The maximum atomic E-state index is 10.4. The van der Waals surface area contributed by atoms with Gasteiger partial charge in [-0.2, -0.15) is 0 Å². The zero-order valence-corrected chi connectivity index (χ0v) is 10.2. The normalized spacial score (nSPS) is 10.0. The molecule has 0 aliphatic carbocycles. The quantitative estimate of drug-likeness (QED) is 0.723. The Bertz CT molecular complexity index is 491. The van der Waals surface area contributed by atoms with E-state index in [9.17, 15) is 4.79 Å². The molecule has 0 N–H and O–H groups in total. The lowest BCUT2D eigenvalue weighted by atomic mass is 10.1. The van der Waals surface area contributed by atoms with E-state index in [1.54, 1.807) is 0 Å². The van der Waals surface area contributed by atoms with Gasteiger partial charge in [0, 0.05) is 6.42 Å². The molecule has 2 nitrogen and oxygen atoms in total. The second-order valence-electron chi connectivity index (χ2n) is 4.09. The summed E-state index contributed by atoms with van der Waals surface area (Å²) in [5.74, 6) is 0.864. The highest BCUT2D eigenvalue weighted by atomic mass is 16.5. The second kappa shape index (κ2) is 6.60. The Morgan fingerprint density at radius 2 is 1.67 bits per heavy atom. The molecular formula is C16H16O2. The maximum absolute atomic E-state index is 10.4. The molecule has 18 heavy (non-hydrogen) atoms. The summed E-state index contributed by atoms with van der Waals surface area (Å²) in [5.41, 5.74) is 2.23. The summed E-state index contributed by atoms with van der Waals surface area (Å²) in [6.07, 6.45) is 2.20. The van der Waals surface area contributed by atoms with E-state index in [0.717, 1.165) is 29.6 Å². The number of carbonyl (C=O) groups excluding carboxylic acids is 1. The van der Waals surface area contributed by atoms with Crippen molar-refractivity contribution in [1.29, 1.82) is 0 Å². The van der Waals surface area contributed by atoms with Crippen LogP contribution >= 0.6 is 0 Å². The molecule has 0 aliphatic rings. The summed E-state index contributed by atoms with van der Waals surface area (Å²) >= 11 is 0. The molecular weight excluding hydrogens is 224 g/mol. The van der Waals surface area contributed by atoms with E-state index in [0.29, 0.717) is 13.0 Å². The molecule has 0 aliphatic heterocycles. The van der Waals surface area contributed by atoms with Crippen LogP contribution in [0, 0.1) is 0 Å². The molecule has 0 saturated carbocycles. The van der Waals surface area contributed by atoms with Crippen molar-refractivity contribution in [1.82, 2.24) is 0 Å². The van der Waals surface area contributed by atoms with Gasteiger partial charge in [-0.1, -0.05) is 48.5 Å². The van der Waals surface area contributed by atoms with E-state index < -0.39 is 0 Å². The highest BCUT2D eigenvalue weighted by Crippen LogP contribution is 2.20. The second-order valence-corrected chi connectivity index (χ2v) is 4.09. The van der Waals surface area contributed by atoms with Crippen LogP contribution in [-0.2, 0) is 17.8 Å². The lowest BCUT2D eigenvalue weighted by Crippen LogP contribution is -1.98. The van der Waals surface area contributed by atoms with Gasteiger partial charge in [0.1, 0.15) is 18.6 Å². The van der Waals surface area contributed by atoms with Gasteiger partial charge in [0.2, 0.25) is 0 Å². The van der Waals surface area contributed by atoms with Crippen molar-refractivity contribution in [3.63, 3.8) is 0 Å². The average molecular weight is 240 g/mol. The van der Waals surface area contributed by atoms with Gasteiger partial charge in [0.05, 0.1) is 0 Å². The van der Waals surface area contributed by atoms with Gasteiger partial charge in [0.15, 0.2) is 0 Å². The summed E-state index contributed by atoms with van der Waals surface area (Å²) in [4.78, 5) is 10.4. The Labute approximate surface area is 107 Å². The topological polar surface area (TPSA) is 26.3 Å². The van der Waals surface area contributed by atoms with E-state index in [2.05, 4.69) is 0 Å². The van der Waals surface area contributed by atoms with Crippen molar-refractivity contribution in [2.45, 2.75) is 19.4 Å². The van der Waals surface area contributed by atoms with Crippen LogP contribution in [0.25, 0.3) is 0 Å². The summed E-state index contributed by atoms with van der Waals surface area (Å²) in [7, 11) is 0. The number of hydrogen-bond donors (Lipinski definition) is 0. The van der Waals surface area contributed by atoms with E-state index in [1.807, 2.05) is 54.6 Å². The van der Waals surface area contributed by atoms with Gasteiger partial charge in [-0.05, 0) is 23.6 Å². The van der Waals surface area contributed by atoms with Crippen LogP contribution in [0.4, 0.5) is 0 Å². The minimum absolute atomic E-state index is 0.533. The van der Waals surface area contributed by atoms with Crippen LogP contribution in [0.2, 0.25) is 0 Å². The molecule has 0 spiro atoms. The van der Waals surface area contributed by atoms with Crippen LogP contribution in [0.3, 0.4) is 0 Å². The predicted octanol–water partition coefficient (Wildman–Crippen LogP) is 3.40. The van der Waals surface area contributed by atoms with Gasteiger partial charge in [-0.25, -0.2) is 0 Å². The monoisotopic (exact) mass is 240 g/mol. The minimum Gasteiger partial charge on any atom is -0.489 e. The van der Waals surface area contributed by atoms with E-state index in [4.69, 9.17) is 4.74 Å². The van der Waals surface area contributed by atoms with Gasteiger partial charge in [-0.15, -0.1) is 0 Å². The Kier molecular flexibility index (Phi) is 4.53. The molecule has 0 saturated heterocycles. The summed E-state index contributed by atoms with van der Waals surface area (Å²) in [6, 6.07) is 17.9. The highest BCUT2D eigenvalue weighted by molar-refractivity contribution is 5.50. The standard InChI is InChI=1S/C16H16O2/c17-12-6-10-15-9-4-5-11-16(15)18-13-14-7-2-1-3-8-14/h1-5,7-9,11-12H,6,10,13H2. The predicted molar refractivity (Wildman–Crippen MR) is 71.6 cm³/mol. The number of aldehydes is 1. The largest absolute Gasteiger partial charge is 0.489 e. The van der Waals surface area contributed by atoms with E-state index >= 15 is 0 Å². The van der Waals surface area contributed by atoms with Crippen molar-refractivity contribution in [3.05, 3.63) is 65.7 Å². The molecule has 0 atom stereocenters. The summed E-state index contributed by atoms with van der Waals surface area (Å²) in [6.45, 7) is 0.555. The summed E-state index contributed by atoms with van der Waals surface area (Å²) < 4.78 is 5.80. The van der Waals surface area contributed by atoms with Crippen molar-refractivity contribution < 1.29 is 9.53 Å². The molecule has 2 aromatic carbocycles. The first-order valence-electron chi connectivity index (χ1n) is 6.08. The maximum Gasteiger partial charge on any atom is 0.123 e. The molecule has 0 heterocycles. The third-order valence-corrected chi connectivity index (χ3v) is 2.74. The van der Waals surface area contributed by atoms with Gasteiger partial charge in [0.25, 0.3) is 0 Å². The molecule has 2 rings (SSSR count). The van der Waals surface area contributed by atoms with Crippen molar-refractivity contribution in [2.75, 3.05) is 0 Å². The molecule has 2 heteroatoms. The lowest BCUT2D eigenvalue weighted by Gasteiger charge is -2.10.